The monoisotopic (exact) mass is 303 g/mol. The average Bonchev–Trinajstić information content (AvgIpc) is 3.04. The number of methoxy groups -OCH3 is 1. The predicted molar refractivity (Wildman–Crippen MR) is 83.1 cm³/mol. The van der Waals surface area contributed by atoms with Gasteiger partial charge in [-0.3, -0.25) is 4.79 Å². The Bertz CT molecular complexity index is 580. The van der Waals surface area contributed by atoms with Crippen LogP contribution >= 0.6 is 0 Å². The molecule has 0 unspecified atom stereocenters. The number of nitrogens with zero attached hydrogens (tertiary/aromatic N) is 3. The lowest BCUT2D eigenvalue weighted by Gasteiger charge is -2.33. The van der Waals surface area contributed by atoms with Gasteiger partial charge in [-0.05, 0) is 19.2 Å². The van der Waals surface area contributed by atoms with Gasteiger partial charge in [0.25, 0.3) is 5.91 Å². The van der Waals surface area contributed by atoms with Crippen molar-refractivity contribution >= 4 is 11.6 Å². The third-order valence-electron chi connectivity index (χ3n) is 4.18. The van der Waals surface area contributed by atoms with Gasteiger partial charge in [0.1, 0.15) is 5.75 Å². The standard InChI is InChI=1S/C16H21N3O3/c1-18-7-9-19(10-8-18)16(20)15-11-13(17-22-15)12-5-3-4-6-14(12)21-2/h3-6,15H,7-11H2,1-2H3/t15-/m1/s1. The van der Waals surface area contributed by atoms with Crippen molar-refractivity contribution < 1.29 is 14.4 Å². The molecule has 1 aromatic carbocycles. The van der Waals surface area contributed by atoms with E-state index in [-0.39, 0.29) is 5.91 Å². The Labute approximate surface area is 130 Å². The minimum atomic E-state index is -0.511. The van der Waals surface area contributed by atoms with Gasteiger partial charge in [-0.25, -0.2) is 0 Å². The predicted octanol–water partition coefficient (Wildman–Crippen LogP) is 0.962. The molecule has 1 amide bonds. The van der Waals surface area contributed by atoms with Gasteiger partial charge in [-0.2, -0.15) is 0 Å². The van der Waals surface area contributed by atoms with Crippen molar-refractivity contribution in [3.05, 3.63) is 29.8 Å². The summed E-state index contributed by atoms with van der Waals surface area (Å²) in [6.07, 6.45) is -0.0192. The highest BCUT2D eigenvalue weighted by Crippen LogP contribution is 2.25. The third-order valence-corrected chi connectivity index (χ3v) is 4.18. The Hall–Kier alpha value is -2.08. The van der Waals surface area contributed by atoms with Gasteiger partial charge in [0.2, 0.25) is 6.10 Å². The number of hydrogen-bond acceptors (Lipinski definition) is 5. The second-order valence-electron chi connectivity index (χ2n) is 5.67. The van der Waals surface area contributed by atoms with Gasteiger partial charge in [0.15, 0.2) is 0 Å². The maximum absolute atomic E-state index is 12.5. The van der Waals surface area contributed by atoms with Crippen LogP contribution in [-0.4, -0.2) is 67.9 Å². The number of likely N-dealkylation sites (N-methyl/N-ethyl adjacent to an activating group) is 1. The summed E-state index contributed by atoms with van der Waals surface area (Å²) in [5.74, 6) is 0.777. The Morgan fingerprint density at radius 1 is 1.27 bits per heavy atom. The van der Waals surface area contributed by atoms with Gasteiger partial charge in [0.05, 0.1) is 12.8 Å². The molecule has 0 aliphatic carbocycles. The first kappa shape index (κ1) is 14.8. The van der Waals surface area contributed by atoms with Crippen LogP contribution in [0.1, 0.15) is 12.0 Å². The largest absolute Gasteiger partial charge is 0.496 e. The summed E-state index contributed by atoms with van der Waals surface area (Å²) >= 11 is 0. The molecule has 0 N–H and O–H groups in total. The summed E-state index contributed by atoms with van der Waals surface area (Å²) in [5.41, 5.74) is 1.66. The highest BCUT2D eigenvalue weighted by molar-refractivity contribution is 6.05. The molecule has 118 valence electrons. The van der Waals surface area contributed by atoms with E-state index in [4.69, 9.17) is 9.57 Å². The normalized spacial score (nSPS) is 22.2. The van der Waals surface area contributed by atoms with Crippen molar-refractivity contribution in [3.63, 3.8) is 0 Å². The zero-order valence-electron chi connectivity index (χ0n) is 13.0. The SMILES string of the molecule is COc1ccccc1C1=NO[C@@H](C(=O)N2CCN(C)CC2)C1. The number of benzene rings is 1. The van der Waals surface area contributed by atoms with Crippen molar-refractivity contribution in [2.24, 2.45) is 5.16 Å². The van der Waals surface area contributed by atoms with Crippen LogP contribution in [0.25, 0.3) is 0 Å². The molecular weight excluding hydrogens is 282 g/mol. The maximum Gasteiger partial charge on any atom is 0.266 e. The van der Waals surface area contributed by atoms with Crippen LogP contribution in [0.3, 0.4) is 0 Å². The van der Waals surface area contributed by atoms with E-state index in [2.05, 4.69) is 17.1 Å². The molecule has 1 fully saturated rings. The summed E-state index contributed by atoms with van der Waals surface area (Å²) in [6.45, 7) is 3.30. The molecule has 1 saturated heterocycles. The molecule has 2 aliphatic rings. The average molecular weight is 303 g/mol. The van der Waals surface area contributed by atoms with E-state index < -0.39 is 6.10 Å². The molecule has 0 spiro atoms. The number of para-hydroxylation sites is 1. The lowest BCUT2D eigenvalue weighted by atomic mass is 10.0. The number of piperazine rings is 1. The third kappa shape index (κ3) is 2.92. The van der Waals surface area contributed by atoms with Crippen LogP contribution in [0.4, 0.5) is 0 Å². The van der Waals surface area contributed by atoms with Crippen molar-refractivity contribution in [3.8, 4) is 5.75 Å². The molecule has 0 saturated carbocycles. The second-order valence-corrected chi connectivity index (χ2v) is 5.67. The second kappa shape index (κ2) is 6.36. The lowest BCUT2D eigenvalue weighted by Crippen LogP contribution is -2.50. The Kier molecular flexibility index (Phi) is 4.29. The molecule has 0 radical (unpaired) electrons. The molecule has 1 atom stereocenters. The lowest BCUT2D eigenvalue weighted by molar-refractivity contribution is -0.143. The van der Waals surface area contributed by atoms with E-state index in [9.17, 15) is 4.79 Å². The highest BCUT2D eigenvalue weighted by Gasteiger charge is 2.34. The number of carbonyl (C=O) groups excluding carboxylic acids is 1. The number of amides is 1. The first-order chi connectivity index (χ1) is 10.7. The summed E-state index contributed by atoms with van der Waals surface area (Å²) in [7, 11) is 3.69. The van der Waals surface area contributed by atoms with Crippen molar-refractivity contribution in [1.82, 2.24) is 9.80 Å². The van der Waals surface area contributed by atoms with E-state index in [1.165, 1.54) is 0 Å². The molecule has 2 aliphatic heterocycles. The van der Waals surface area contributed by atoms with E-state index in [0.717, 1.165) is 43.2 Å². The van der Waals surface area contributed by atoms with E-state index in [1.807, 2.05) is 29.2 Å². The first-order valence-corrected chi connectivity index (χ1v) is 7.52. The van der Waals surface area contributed by atoms with E-state index >= 15 is 0 Å². The number of rotatable bonds is 3. The van der Waals surface area contributed by atoms with E-state index in [0.29, 0.717) is 6.42 Å². The molecule has 0 bridgehead atoms. The van der Waals surface area contributed by atoms with Gasteiger partial charge in [0, 0.05) is 38.2 Å². The van der Waals surface area contributed by atoms with Gasteiger partial charge in [-0.1, -0.05) is 17.3 Å². The zero-order valence-corrected chi connectivity index (χ0v) is 13.0. The number of carbonyl (C=O) groups is 1. The Balaban J connectivity index is 1.65. The van der Waals surface area contributed by atoms with Crippen LogP contribution in [-0.2, 0) is 9.63 Å². The Morgan fingerprint density at radius 3 is 2.73 bits per heavy atom. The first-order valence-electron chi connectivity index (χ1n) is 7.52. The van der Waals surface area contributed by atoms with Crippen LogP contribution in [0, 0.1) is 0 Å². The van der Waals surface area contributed by atoms with Gasteiger partial charge < -0.3 is 19.4 Å². The van der Waals surface area contributed by atoms with Gasteiger partial charge >= 0.3 is 0 Å². The van der Waals surface area contributed by atoms with Crippen molar-refractivity contribution in [2.45, 2.75) is 12.5 Å². The molecule has 6 heteroatoms. The topological polar surface area (TPSA) is 54.4 Å². The minimum Gasteiger partial charge on any atom is -0.496 e. The highest BCUT2D eigenvalue weighted by atomic mass is 16.6. The fraction of sp³-hybridized carbons (Fsp3) is 0.500. The quantitative estimate of drug-likeness (QED) is 0.835. The number of hydrogen-bond donors (Lipinski definition) is 0. The van der Waals surface area contributed by atoms with Crippen molar-refractivity contribution in [1.29, 1.82) is 0 Å². The van der Waals surface area contributed by atoms with Crippen LogP contribution in [0.5, 0.6) is 5.75 Å². The van der Waals surface area contributed by atoms with Crippen LogP contribution < -0.4 is 4.74 Å². The maximum atomic E-state index is 12.5. The summed E-state index contributed by atoms with van der Waals surface area (Å²) < 4.78 is 5.34. The molecular formula is C16H21N3O3. The Morgan fingerprint density at radius 2 is 2.00 bits per heavy atom. The number of ether oxygens (including phenoxy) is 1. The molecule has 3 rings (SSSR count). The fourth-order valence-corrected chi connectivity index (χ4v) is 2.78. The molecule has 22 heavy (non-hydrogen) atoms. The van der Waals surface area contributed by atoms with E-state index in [1.54, 1.807) is 7.11 Å². The van der Waals surface area contributed by atoms with Gasteiger partial charge in [-0.15, -0.1) is 0 Å². The molecule has 2 heterocycles. The van der Waals surface area contributed by atoms with Crippen LogP contribution in [0.2, 0.25) is 0 Å². The fourth-order valence-electron chi connectivity index (χ4n) is 2.78. The summed E-state index contributed by atoms with van der Waals surface area (Å²) in [4.78, 5) is 22.0. The number of oxime groups is 1. The van der Waals surface area contributed by atoms with Crippen molar-refractivity contribution in [2.75, 3.05) is 40.3 Å². The molecule has 1 aromatic rings. The zero-order chi connectivity index (χ0) is 15.5. The molecule has 0 aromatic heterocycles. The molecule has 6 nitrogen and oxygen atoms in total. The smallest absolute Gasteiger partial charge is 0.266 e. The summed E-state index contributed by atoms with van der Waals surface area (Å²) in [6, 6.07) is 7.65. The minimum absolute atomic E-state index is 0.0294. The van der Waals surface area contributed by atoms with Crippen LogP contribution in [0.15, 0.2) is 29.4 Å². The summed E-state index contributed by atoms with van der Waals surface area (Å²) in [5, 5.41) is 4.11.